The first-order valence-electron chi connectivity index (χ1n) is 8.06. The van der Waals surface area contributed by atoms with Crippen LogP contribution in [0.15, 0.2) is 0 Å². The van der Waals surface area contributed by atoms with Crippen LogP contribution >= 0.6 is 0 Å². The van der Waals surface area contributed by atoms with E-state index < -0.39 is 11.6 Å². The normalized spacial score (nSPS) is 15.1. The Balaban J connectivity index is 4.35. The highest BCUT2D eigenvalue weighted by atomic mass is 16.5. The zero-order valence-electron chi connectivity index (χ0n) is 13.9. The maximum Gasteiger partial charge on any atom is 0.338 e. The predicted octanol–water partition coefficient (Wildman–Crippen LogP) is 2.41. The fraction of sp³-hybridized carbons (Fsp3) is 0.875. The molecule has 5 nitrogen and oxygen atoms in total. The van der Waals surface area contributed by atoms with Gasteiger partial charge in [0.15, 0.2) is 5.60 Å². The summed E-state index contributed by atoms with van der Waals surface area (Å²) < 4.78 is 5.04. The van der Waals surface area contributed by atoms with Crippen LogP contribution in [0.4, 0.5) is 0 Å². The summed E-state index contributed by atoms with van der Waals surface area (Å²) in [7, 11) is 0. The van der Waals surface area contributed by atoms with Crippen LogP contribution in [0.1, 0.15) is 66.2 Å². The molecule has 124 valence electrons. The molecule has 0 radical (unpaired) electrons. The molecule has 0 heterocycles. The van der Waals surface area contributed by atoms with Crippen molar-refractivity contribution in [3.8, 4) is 0 Å². The average molecular weight is 301 g/mol. The Labute approximate surface area is 128 Å². The van der Waals surface area contributed by atoms with Crippen LogP contribution in [0.5, 0.6) is 0 Å². The van der Waals surface area contributed by atoms with E-state index in [4.69, 9.17) is 4.74 Å². The number of hydrogen-bond acceptors (Lipinski definition) is 4. The molecule has 1 amide bonds. The molecule has 0 aromatic heterocycles. The van der Waals surface area contributed by atoms with E-state index in [0.717, 1.165) is 19.3 Å². The zero-order chi connectivity index (χ0) is 16.3. The SMILES string of the molecule is CCCCNC(=O)CC[C@@H](CC)C(C)(O)C(=O)OCCC. The summed E-state index contributed by atoms with van der Waals surface area (Å²) in [6.07, 6.45) is 4.14. The number of rotatable bonds is 11. The summed E-state index contributed by atoms with van der Waals surface area (Å²) in [5, 5.41) is 13.2. The standard InChI is InChI=1S/C16H31NO4/c1-5-8-11-17-14(18)10-9-13(7-3)16(4,20)15(19)21-12-6-2/h13,20H,5-12H2,1-4H3,(H,17,18)/t13-,16?/m1/s1. The van der Waals surface area contributed by atoms with Crippen molar-refractivity contribution >= 4 is 11.9 Å². The number of esters is 1. The van der Waals surface area contributed by atoms with Gasteiger partial charge in [-0.1, -0.05) is 27.2 Å². The van der Waals surface area contributed by atoms with E-state index in [9.17, 15) is 14.7 Å². The van der Waals surface area contributed by atoms with Gasteiger partial charge < -0.3 is 15.2 Å². The fourth-order valence-corrected chi connectivity index (χ4v) is 2.19. The molecule has 0 aliphatic carbocycles. The second kappa shape index (κ2) is 10.6. The Bertz CT molecular complexity index is 315. The third-order valence-corrected chi connectivity index (χ3v) is 3.71. The molecule has 0 rings (SSSR count). The fourth-order valence-electron chi connectivity index (χ4n) is 2.19. The minimum Gasteiger partial charge on any atom is -0.464 e. The number of amides is 1. The highest BCUT2D eigenvalue weighted by molar-refractivity contribution is 5.79. The monoisotopic (exact) mass is 301 g/mol. The Morgan fingerprint density at radius 3 is 2.43 bits per heavy atom. The Morgan fingerprint density at radius 1 is 1.24 bits per heavy atom. The van der Waals surface area contributed by atoms with Crippen LogP contribution < -0.4 is 5.32 Å². The van der Waals surface area contributed by atoms with Crippen LogP contribution in [0.3, 0.4) is 0 Å². The summed E-state index contributed by atoms with van der Waals surface area (Å²) in [5.41, 5.74) is -1.53. The van der Waals surface area contributed by atoms with Gasteiger partial charge in [-0.2, -0.15) is 0 Å². The number of nitrogens with one attached hydrogen (secondary N) is 1. The molecule has 0 aromatic carbocycles. The lowest BCUT2D eigenvalue weighted by atomic mass is 9.83. The largest absolute Gasteiger partial charge is 0.464 e. The zero-order valence-corrected chi connectivity index (χ0v) is 13.9. The second-order valence-corrected chi connectivity index (χ2v) is 5.63. The van der Waals surface area contributed by atoms with Gasteiger partial charge in [0, 0.05) is 13.0 Å². The maximum absolute atomic E-state index is 11.9. The molecule has 0 fully saturated rings. The molecule has 0 saturated heterocycles. The molecule has 0 aliphatic rings. The van der Waals surface area contributed by atoms with Crippen molar-refractivity contribution in [3.63, 3.8) is 0 Å². The summed E-state index contributed by atoms with van der Waals surface area (Å²) in [5.74, 6) is -0.902. The first-order valence-corrected chi connectivity index (χ1v) is 8.06. The molecule has 5 heteroatoms. The molecule has 0 bridgehead atoms. The van der Waals surface area contributed by atoms with Gasteiger partial charge in [-0.3, -0.25) is 4.79 Å². The molecule has 0 saturated carbocycles. The van der Waals surface area contributed by atoms with Crippen molar-refractivity contribution in [1.29, 1.82) is 0 Å². The van der Waals surface area contributed by atoms with E-state index in [1.54, 1.807) is 0 Å². The molecular weight excluding hydrogens is 270 g/mol. The van der Waals surface area contributed by atoms with Crippen molar-refractivity contribution in [2.45, 2.75) is 71.8 Å². The predicted molar refractivity (Wildman–Crippen MR) is 82.8 cm³/mol. The number of aliphatic hydroxyl groups is 1. The first kappa shape index (κ1) is 19.9. The van der Waals surface area contributed by atoms with Crippen molar-refractivity contribution in [1.82, 2.24) is 5.32 Å². The molecule has 1 unspecified atom stereocenters. The van der Waals surface area contributed by atoms with Crippen LogP contribution in [-0.2, 0) is 14.3 Å². The van der Waals surface area contributed by atoms with Gasteiger partial charge >= 0.3 is 5.97 Å². The lowest BCUT2D eigenvalue weighted by molar-refractivity contribution is -0.170. The van der Waals surface area contributed by atoms with Crippen LogP contribution in [0, 0.1) is 5.92 Å². The summed E-state index contributed by atoms with van der Waals surface area (Å²) >= 11 is 0. The molecule has 21 heavy (non-hydrogen) atoms. The quantitative estimate of drug-likeness (QED) is 0.454. The molecular formula is C16H31NO4. The topological polar surface area (TPSA) is 75.6 Å². The van der Waals surface area contributed by atoms with Crippen LogP contribution in [-0.4, -0.2) is 35.7 Å². The minimum absolute atomic E-state index is 0.0281. The smallest absolute Gasteiger partial charge is 0.338 e. The van der Waals surface area contributed by atoms with E-state index in [2.05, 4.69) is 12.2 Å². The summed E-state index contributed by atoms with van der Waals surface area (Å²) in [6, 6.07) is 0. The van der Waals surface area contributed by atoms with Crippen LogP contribution in [0.25, 0.3) is 0 Å². The van der Waals surface area contributed by atoms with Gasteiger partial charge in [0.2, 0.25) is 5.91 Å². The van der Waals surface area contributed by atoms with E-state index >= 15 is 0 Å². The van der Waals surface area contributed by atoms with Gasteiger partial charge in [0.25, 0.3) is 0 Å². The first-order chi connectivity index (χ1) is 9.89. The maximum atomic E-state index is 11.9. The van der Waals surface area contributed by atoms with E-state index in [1.807, 2.05) is 13.8 Å². The van der Waals surface area contributed by atoms with Crippen molar-refractivity contribution in [3.05, 3.63) is 0 Å². The lowest BCUT2D eigenvalue weighted by Crippen LogP contribution is -2.44. The van der Waals surface area contributed by atoms with Gasteiger partial charge in [0.05, 0.1) is 6.61 Å². The molecule has 0 aliphatic heterocycles. The third-order valence-electron chi connectivity index (χ3n) is 3.71. The molecule has 2 N–H and O–H groups in total. The number of carbonyl (C=O) groups excluding carboxylic acids is 2. The van der Waals surface area contributed by atoms with Crippen molar-refractivity contribution in [2.24, 2.45) is 5.92 Å². The Kier molecular flexibility index (Phi) is 10.0. The van der Waals surface area contributed by atoms with Crippen molar-refractivity contribution in [2.75, 3.05) is 13.2 Å². The van der Waals surface area contributed by atoms with Gasteiger partial charge in [0.1, 0.15) is 0 Å². The van der Waals surface area contributed by atoms with Gasteiger partial charge in [-0.25, -0.2) is 4.79 Å². The molecule has 0 spiro atoms. The van der Waals surface area contributed by atoms with Crippen molar-refractivity contribution < 1.29 is 19.4 Å². The van der Waals surface area contributed by atoms with E-state index in [-0.39, 0.29) is 11.8 Å². The summed E-state index contributed by atoms with van der Waals surface area (Å²) in [4.78, 5) is 23.6. The lowest BCUT2D eigenvalue weighted by Gasteiger charge is -2.30. The number of unbranched alkanes of at least 4 members (excludes halogenated alkanes) is 1. The summed E-state index contributed by atoms with van der Waals surface area (Å²) in [6.45, 7) is 8.34. The molecule has 0 aromatic rings. The molecule has 2 atom stereocenters. The van der Waals surface area contributed by atoms with E-state index in [0.29, 0.717) is 32.4 Å². The second-order valence-electron chi connectivity index (χ2n) is 5.63. The van der Waals surface area contributed by atoms with Gasteiger partial charge in [-0.05, 0) is 38.5 Å². The average Bonchev–Trinajstić information content (AvgIpc) is 2.45. The number of ether oxygens (including phenoxy) is 1. The highest BCUT2D eigenvalue weighted by Gasteiger charge is 2.39. The Hall–Kier alpha value is -1.10. The Morgan fingerprint density at radius 2 is 1.90 bits per heavy atom. The minimum atomic E-state index is -1.53. The highest BCUT2D eigenvalue weighted by Crippen LogP contribution is 2.26. The number of carbonyl (C=O) groups is 2. The van der Waals surface area contributed by atoms with E-state index in [1.165, 1.54) is 6.92 Å². The van der Waals surface area contributed by atoms with Crippen LogP contribution in [0.2, 0.25) is 0 Å². The van der Waals surface area contributed by atoms with Gasteiger partial charge in [-0.15, -0.1) is 0 Å². The number of hydrogen-bond donors (Lipinski definition) is 2. The third kappa shape index (κ3) is 7.46.